The lowest BCUT2D eigenvalue weighted by Crippen LogP contribution is -2.01. The Labute approximate surface area is 110 Å². The lowest BCUT2D eigenvalue weighted by Gasteiger charge is -2.16. The molecule has 18 heavy (non-hydrogen) atoms. The molecule has 0 spiro atoms. The van der Waals surface area contributed by atoms with Crippen LogP contribution >= 0.6 is 0 Å². The summed E-state index contributed by atoms with van der Waals surface area (Å²) >= 11 is 0. The van der Waals surface area contributed by atoms with Crippen molar-refractivity contribution in [2.24, 2.45) is 0 Å². The van der Waals surface area contributed by atoms with Gasteiger partial charge in [0.1, 0.15) is 0 Å². The van der Waals surface area contributed by atoms with Crippen molar-refractivity contribution in [3.63, 3.8) is 0 Å². The maximum absolute atomic E-state index is 5.64. The third-order valence-electron chi connectivity index (χ3n) is 2.98. The molecule has 0 amide bonds. The van der Waals surface area contributed by atoms with Gasteiger partial charge in [-0.15, -0.1) is 12.3 Å². The van der Waals surface area contributed by atoms with Crippen LogP contribution < -0.4 is 9.47 Å². The lowest BCUT2D eigenvalue weighted by atomic mass is 9.93. The SMILES string of the molecule is C#CCC(CC)c1ccc(OCCC)c(OC)c1. The van der Waals surface area contributed by atoms with Crippen LogP contribution in [0.15, 0.2) is 18.2 Å². The van der Waals surface area contributed by atoms with Crippen molar-refractivity contribution in [3.05, 3.63) is 23.8 Å². The molecule has 1 unspecified atom stereocenters. The minimum absolute atomic E-state index is 0.393. The average molecular weight is 246 g/mol. The molecule has 1 atom stereocenters. The van der Waals surface area contributed by atoms with Gasteiger partial charge in [-0.1, -0.05) is 19.9 Å². The molecule has 0 fully saturated rings. The van der Waals surface area contributed by atoms with Crippen LogP contribution in [-0.2, 0) is 0 Å². The fourth-order valence-corrected chi connectivity index (χ4v) is 1.91. The third-order valence-corrected chi connectivity index (χ3v) is 2.98. The fourth-order valence-electron chi connectivity index (χ4n) is 1.91. The Balaban J connectivity index is 2.93. The van der Waals surface area contributed by atoms with Crippen LogP contribution in [0.25, 0.3) is 0 Å². The topological polar surface area (TPSA) is 18.5 Å². The second-order valence-electron chi connectivity index (χ2n) is 4.27. The van der Waals surface area contributed by atoms with Gasteiger partial charge >= 0.3 is 0 Å². The van der Waals surface area contributed by atoms with Crippen molar-refractivity contribution in [1.29, 1.82) is 0 Å². The van der Waals surface area contributed by atoms with Crippen molar-refractivity contribution in [1.82, 2.24) is 0 Å². The molecule has 0 heterocycles. The second kappa shape index (κ2) is 7.66. The molecule has 1 aromatic rings. The van der Waals surface area contributed by atoms with E-state index in [9.17, 15) is 0 Å². The van der Waals surface area contributed by atoms with Crippen molar-refractivity contribution in [3.8, 4) is 23.8 Å². The Kier molecular flexibility index (Phi) is 6.14. The summed E-state index contributed by atoms with van der Waals surface area (Å²) in [5.74, 6) is 4.72. The summed E-state index contributed by atoms with van der Waals surface area (Å²) in [6.45, 7) is 4.94. The van der Waals surface area contributed by atoms with E-state index >= 15 is 0 Å². The molecular weight excluding hydrogens is 224 g/mol. The van der Waals surface area contributed by atoms with Gasteiger partial charge in [0.05, 0.1) is 13.7 Å². The maximum Gasteiger partial charge on any atom is 0.161 e. The first-order valence-electron chi connectivity index (χ1n) is 6.50. The number of benzene rings is 1. The monoisotopic (exact) mass is 246 g/mol. The summed E-state index contributed by atoms with van der Waals surface area (Å²) in [5, 5.41) is 0. The highest BCUT2D eigenvalue weighted by Crippen LogP contribution is 2.33. The van der Waals surface area contributed by atoms with E-state index in [1.54, 1.807) is 7.11 Å². The molecular formula is C16H22O2. The number of rotatable bonds is 7. The first-order chi connectivity index (χ1) is 8.76. The predicted octanol–water partition coefficient (Wildman–Crippen LogP) is 4.00. The smallest absolute Gasteiger partial charge is 0.161 e. The summed E-state index contributed by atoms with van der Waals surface area (Å²) in [7, 11) is 1.67. The van der Waals surface area contributed by atoms with Gasteiger partial charge in [-0.25, -0.2) is 0 Å². The van der Waals surface area contributed by atoms with E-state index in [4.69, 9.17) is 15.9 Å². The van der Waals surface area contributed by atoms with Crippen LogP contribution in [0.4, 0.5) is 0 Å². The summed E-state index contributed by atoms with van der Waals surface area (Å²) < 4.78 is 11.0. The molecule has 1 aromatic carbocycles. The standard InChI is InChI=1S/C16H22O2/c1-5-8-13(7-3)14-9-10-15(18-11-6-2)16(12-14)17-4/h1,9-10,12-13H,6-8,11H2,2-4H3. The number of hydrogen-bond donors (Lipinski definition) is 0. The van der Waals surface area contributed by atoms with Crippen LogP contribution in [0.3, 0.4) is 0 Å². The van der Waals surface area contributed by atoms with Crippen LogP contribution in [0.2, 0.25) is 0 Å². The van der Waals surface area contributed by atoms with Crippen LogP contribution in [0, 0.1) is 12.3 Å². The number of terminal acetylenes is 1. The van der Waals surface area contributed by atoms with Gasteiger partial charge in [-0.05, 0) is 36.5 Å². The van der Waals surface area contributed by atoms with Gasteiger partial charge in [0.25, 0.3) is 0 Å². The summed E-state index contributed by atoms with van der Waals surface area (Å²) in [5.41, 5.74) is 1.22. The van der Waals surface area contributed by atoms with Crippen molar-refractivity contribution < 1.29 is 9.47 Å². The lowest BCUT2D eigenvalue weighted by molar-refractivity contribution is 0.294. The van der Waals surface area contributed by atoms with Crippen LogP contribution in [0.1, 0.15) is 44.6 Å². The first kappa shape index (κ1) is 14.4. The Hall–Kier alpha value is -1.62. The van der Waals surface area contributed by atoms with Gasteiger partial charge in [-0.3, -0.25) is 0 Å². The number of hydrogen-bond acceptors (Lipinski definition) is 2. The van der Waals surface area contributed by atoms with Gasteiger partial charge in [0.2, 0.25) is 0 Å². The van der Waals surface area contributed by atoms with Crippen LogP contribution in [0.5, 0.6) is 11.5 Å². The van der Waals surface area contributed by atoms with E-state index in [2.05, 4.69) is 25.8 Å². The Morgan fingerprint density at radius 1 is 1.28 bits per heavy atom. The van der Waals surface area contributed by atoms with Gasteiger partial charge < -0.3 is 9.47 Å². The molecule has 0 N–H and O–H groups in total. The van der Waals surface area contributed by atoms with E-state index in [-0.39, 0.29) is 0 Å². The van der Waals surface area contributed by atoms with Gasteiger partial charge in [-0.2, -0.15) is 0 Å². The zero-order valence-electron chi connectivity index (χ0n) is 11.5. The number of methoxy groups -OCH3 is 1. The highest BCUT2D eigenvalue weighted by Gasteiger charge is 2.12. The molecule has 98 valence electrons. The van der Waals surface area contributed by atoms with E-state index in [0.29, 0.717) is 12.5 Å². The highest BCUT2D eigenvalue weighted by atomic mass is 16.5. The molecule has 0 radical (unpaired) electrons. The third kappa shape index (κ3) is 3.70. The van der Waals surface area contributed by atoms with Crippen LogP contribution in [-0.4, -0.2) is 13.7 Å². The average Bonchev–Trinajstić information content (AvgIpc) is 2.42. The zero-order chi connectivity index (χ0) is 13.4. The quantitative estimate of drug-likeness (QED) is 0.677. The molecule has 0 bridgehead atoms. The maximum atomic E-state index is 5.64. The van der Waals surface area contributed by atoms with Crippen molar-refractivity contribution in [2.75, 3.05) is 13.7 Å². The summed E-state index contributed by atoms with van der Waals surface area (Å²) in [4.78, 5) is 0. The molecule has 0 saturated carbocycles. The zero-order valence-corrected chi connectivity index (χ0v) is 11.5. The molecule has 0 aliphatic heterocycles. The van der Waals surface area contributed by atoms with Gasteiger partial charge in [0.15, 0.2) is 11.5 Å². The van der Waals surface area contributed by atoms with Gasteiger partial charge in [0, 0.05) is 6.42 Å². The Bertz CT molecular complexity index is 404. The fraction of sp³-hybridized carbons (Fsp3) is 0.500. The van der Waals surface area contributed by atoms with Crippen molar-refractivity contribution >= 4 is 0 Å². The summed E-state index contributed by atoms with van der Waals surface area (Å²) in [6, 6.07) is 6.10. The van der Waals surface area contributed by atoms with E-state index < -0.39 is 0 Å². The Morgan fingerprint density at radius 2 is 2.06 bits per heavy atom. The van der Waals surface area contributed by atoms with E-state index in [1.165, 1.54) is 5.56 Å². The molecule has 0 aromatic heterocycles. The molecule has 0 aliphatic rings. The predicted molar refractivity (Wildman–Crippen MR) is 75.3 cm³/mol. The normalized spacial score (nSPS) is 11.7. The molecule has 2 heteroatoms. The highest BCUT2D eigenvalue weighted by molar-refractivity contribution is 5.44. The van der Waals surface area contributed by atoms with Crippen molar-refractivity contribution in [2.45, 2.75) is 39.0 Å². The first-order valence-corrected chi connectivity index (χ1v) is 6.50. The van der Waals surface area contributed by atoms with E-state index in [0.717, 1.165) is 30.8 Å². The minimum Gasteiger partial charge on any atom is -0.493 e. The molecule has 2 nitrogen and oxygen atoms in total. The largest absolute Gasteiger partial charge is 0.493 e. The Morgan fingerprint density at radius 3 is 2.61 bits per heavy atom. The molecule has 0 aliphatic carbocycles. The number of ether oxygens (including phenoxy) is 2. The second-order valence-corrected chi connectivity index (χ2v) is 4.27. The molecule has 1 rings (SSSR count). The van der Waals surface area contributed by atoms with E-state index in [1.807, 2.05) is 12.1 Å². The molecule has 0 saturated heterocycles. The minimum atomic E-state index is 0.393. The summed E-state index contributed by atoms with van der Waals surface area (Å²) in [6.07, 6.45) is 8.18.